The number of hydrogen-bond acceptors (Lipinski definition) is 6. The van der Waals surface area contributed by atoms with E-state index < -0.39 is 11.0 Å². The van der Waals surface area contributed by atoms with Crippen molar-refractivity contribution in [2.24, 2.45) is 0 Å². The van der Waals surface area contributed by atoms with Crippen molar-refractivity contribution < 1.29 is 14.8 Å². The van der Waals surface area contributed by atoms with E-state index in [0.29, 0.717) is 13.1 Å². The first-order valence-corrected chi connectivity index (χ1v) is 6.68. The Kier molecular flexibility index (Phi) is 4.69. The summed E-state index contributed by atoms with van der Waals surface area (Å²) in [6.45, 7) is 4.14. The third-order valence-corrected chi connectivity index (χ3v) is 3.41. The maximum atomic E-state index is 10.5. The second-order valence-electron chi connectivity index (χ2n) is 5.36. The number of aliphatic hydroxyl groups excluding tert-OH is 1. The van der Waals surface area contributed by atoms with E-state index in [1.54, 1.807) is 0 Å². The molecule has 0 bridgehead atoms. The second-order valence-corrected chi connectivity index (χ2v) is 5.36. The van der Waals surface area contributed by atoms with Gasteiger partial charge in [0.25, 0.3) is 0 Å². The lowest BCUT2D eigenvalue weighted by Crippen LogP contribution is -2.41. The Morgan fingerprint density at radius 1 is 1.75 bits per heavy atom. The van der Waals surface area contributed by atoms with Gasteiger partial charge in [-0.3, -0.25) is 14.8 Å². The zero-order valence-electron chi connectivity index (χ0n) is 11.5. The van der Waals surface area contributed by atoms with Gasteiger partial charge in [-0.15, -0.1) is 0 Å². The number of ether oxygens (including phenoxy) is 1. The molecular formula is C12H20N4O4. The number of aliphatic hydroxyl groups is 1. The van der Waals surface area contributed by atoms with Crippen LogP contribution in [0.5, 0.6) is 0 Å². The average Bonchev–Trinajstić information content (AvgIpc) is 2.99. The number of nitrogens with one attached hydrogen (secondary N) is 1. The summed E-state index contributed by atoms with van der Waals surface area (Å²) in [5.74, 6) is 0. The Balaban J connectivity index is 1.71. The van der Waals surface area contributed by atoms with Crippen molar-refractivity contribution in [1.82, 2.24) is 15.1 Å². The third kappa shape index (κ3) is 3.99. The number of nitro groups is 1. The van der Waals surface area contributed by atoms with Gasteiger partial charge < -0.3 is 15.2 Å². The van der Waals surface area contributed by atoms with Crippen molar-refractivity contribution >= 4 is 5.69 Å². The lowest BCUT2D eigenvalue weighted by atomic mass is 10.0. The SMILES string of the molecule is CC1(CNCC(O)Cn2cc([N+](=O)[O-])cn2)CCCO1. The molecule has 8 heteroatoms. The molecule has 2 heterocycles. The molecule has 20 heavy (non-hydrogen) atoms. The molecule has 0 spiro atoms. The minimum atomic E-state index is -0.653. The van der Waals surface area contributed by atoms with Crippen LogP contribution in [-0.4, -0.2) is 51.2 Å². The molecule has 1 aromatic rings. The maximum absolute atomic E-state index is 10.5. The average molecular weight is 284 g/mol. The van der Waals surface area contributed by atoms with Gasteiger partial charge in [0, 0.05) is 19.7 Å². The van der Waals surface area contributed by atoms with Gasteiger partial charge in [-0.2, -0.15) is 5.10 Å². The van der Waals surface area contributed by atoms with Crippen LogP contribution in [0.25, 0.3) is 0 Å². The smallest absolute Gasteiger partial charge is 0.306 e. The van der Waals surface area contributed by atoms with Gasteiger partial charge in [0.1, 0.15) is 12.4 Å². The van der Waals surface area contributed by atoms with Crippen molar-refractivity contribution in [2.45, 2.75) is 38.0 Å². The predicted molar refractivity (Wildman–Crippen MR) is 71.3 cm³/mol. The molecule has 1 aliphatic heterocycles. The summed E-state index contributed by atoms with van der Waals surface area (Å²) in [7, 11) is 0. The van der Waals surface area contributed by atoms with Crippen molar-refractivity contribution in [2.75, 3.05) is 19.7 Å². The highest BCUT2D eigenvalue weighted by Crippen LogP contribution is 2.23. The van der Waals surface area contributed by atoms with Gasteiger partial charge in [0.15, 0.2) is 0 Å². The zero-order chi connectivity index (χ0) is 14.6. The Labute approximate surface area is 116 Å². The molecule has 1 aliphatic rings. The lowest BCUT2D eigenvalue weighted by Gasteiger charge is -2.24. The number of aromatic nitrogens is 2. The molecule has 0 aromatic carbocycles. The van der Waals surface area contributed by atoms with E-state index in [4.69, 9.17) is 4.74 Å². The van der Waals surface area contributed by atoms with Crippen LogP contribution < -0.4 is 5.32 Å². The molecule has 2 N–H and O–H groups in total. The van der Waals surface area contributed by atoms with E-state index in [2.05, 4.69) is 17.3 Å². The lowest BCUT2D eigenvalue weighted by molar-refractivity contribution is -0.385. The highest BCUT2D eigenvalue weighted by atomic mass is 16.6. The molecule has 2 rings (SSSR count). The highest BCUT2D eigenvalue weighted by Gasteiger charge is 2.29. The Bertz CT molecular complexity index is 456. The van der Waals surface area contributed by atoms with Gasteiger partial charge in [-0.1, -0.05) is 0 Å². The molecule has 8 nitrogen and oxygen atoms in total. The van der Waals surface area contributed by atoms with Crippen molar-refractivity contribution in [3.63, 3.8) is 0 Å². The van der Waals surface area contributed by atoms with Gasteiger partial charge in [-0.05, 0) is 19.8 Å². The van der Waals surface area contributed by atoms with E-state index >= 15 is 0 Å². The number of hydrogen-bond donors (Lipinski definition) is 2. The molecule has 0 aliphatic carbocycles. The first-order valence-electron chi connectivity index (χ1n) is 6.68. The second kappa shape index (κ2) is 6.29. The molecule has 0 amide bonds. The molecule has 0 saturated carbocycles. The number of rotatable bonds is 7. The Hall–Kier alpha value is -1.51. The first-order chi connectivity index (χ1) is 9.48. The summed E-state index contributed by atoms with van der Waals surface area (Å²) in [6, 6.07) is 0. The summed E-state index contributed by atoms with van der Waals surface area (Å²) >= 11 is 0. The molecule has 112 valence electrons. The fourth-order valence-electron chi connectivity index (χ4n) is 2.31. The van der Waals surface area contributed by atoms with E-state index in [9.17, 15) is 15.2 Å². The minimum absolute atomic E-state index is 0.0722. The molecule has 2 unspecified atom stereocenters. The largest absolute Gasteiger partial charge is 0.390 e. The Morgan fingerprint density at radius 2 is 2.55 bits per heavy atom. The minimum Gasteiger partial charge on any atom is -0.390 e. The van der Waals surface area contributed by atoms with Crippen LogP contribution in [0.4, 0.5) is 5.69 Å². The molecule has 0 radical (unpaired) electrons. The van der Waals surface area contributed by atoms with Crippen LogP contribution in [0, 0.1) is 10.1 Å². The monoisotopic (exact) mass is 284 g/mol. The molecule has 1 saturated heterocycles. The first kappa shape index (κ1) is 14.9. The van der Waals surface area contributed by atoms with Crippen LogP contribution in [-0.2, 0) is 11.3 Å². The predicted octanol–water partition coefficient (Wildman–Crippen LogP) is 0.311. The molecule has 2 atom stereocenters. The van der Waals surface area contributed by atoms with Crippen molar-refractivity contribution in [3.8, 4) is 0 Å². The standard InChI is InChI=1S/C12H20N4O4/c1-12(3-2-4-20-12)9-13-6-11(17)8-15-7-10(5-14-15)16(18)19/h5,7,11,13,17H,2-4,6,8-9H2,1H3. The van der Waals surface area contributed by atoms with Gasteiger partial charge >= 0.3 is 5.69 Å². The van der Waals surface area contributed by atoms with Crippen LogP contribution >= 0.6 is 0 Å². The van der Waals surface area contributed by atoms with Gasteiger partial charge in [0.2, 0.25) is 0 Å². The summed E-state index contributed by atoms with van der Waals surface area (Å²) in [4.78, 5) is 10.0. The normalized spacial score (nSPS) is 23.9. The van der Waals surface area contributed by atoms with Crippen molar-refractivity contribution in [1.29, 1.82) is 0 Å². The van der Waals surface area contributed by atoms with Crippen molar-refractivity contribution in [3.05, 3.63) is 22.5 Å². The summed E-state index contributed by atoms with van der Waals surface area (Å²) in [6.07, 6.45) is 3.91. The van der Waals surface area contributed by atoms with Crippen LogP contribution in [0.3, 0.4) is 0 Å². The van der Waals surface area contributed by atoms with E-state index in [0.717, 1.165) is 19.4 Å². The molecule has 1 aromatic heterocycles. The van der Waals surface area contributed by atoms with Gasteiger partial charge in [0.05, 0.1) is 23.2 Å². The fourth-order valence-corrected chi connectivity index (χ4v) is 2.31. The topological polar surface area (TPSA) is 102 Å². The molecule has 1 fully saturated rings. The fraction of sp³-hybridized carbons (Fsp3) is 0.750. The number of nitrogens with zero attached hydrogens (tertiary/aromatic N) is 3. The van der Waals surface area contributed by atoms with E-state index in [-0.39, 0.29) is 17.8 Å². The van der Waals surface area contributed by atoms with E-state index in [1.807, 2.05) is 0 Å². The van der Waals surface area contributed by atoms with E-state index in [1.165, 1.54) is 17.1 Å². The summed E-state index contributed by atoms with van der Waals surface area (Å²) in [5.41, 5.74) is -0.221. The van der Waals surface area contributed by atoms with Crippen LogP contribution in [0.2, 0.25) is 0 Å². The van der Waals surface area contributed by atoms with Gasteiger partial charge in [-0.25, -0.2) is 0 Å². The summed E-state index contributed by atoms with van der Waals surface area (Å²) < 4.78 is 7.01. The van der Waals surface area contributed by atoms with Crippen LogP contribution in [0.15, 0.2) is 12.4 Å². The maximum Gasteiger partial charge on any atom is 0.306 e. The summed E-state index contributed by atoms with van der Waals surface area (Å²) in [5, 5.41) is 27.4. The zero-order valence-corrected chi connectivity index (χ0v) is 11.5. The Morgan fingerprint density at radius 3 is 3.15 bits per heavy atom. The quantitative estimate of drug-likeness (QED) is 0.552. The highest BCUT2D eigenvalue weighted by molar-refractivity contribution is 5.20. The van der Waals surface area contributed by atoms with Crippen LogP contribution in [0.1, 0.15) is 19.8 Å². The molecular weight excluding hydrogens is 264 g/mol. The third-order valence-electron chi connectivity index (χ3n) is 3.41.